The summed E-state index contributed by atoms with van der Waals surface area (Å²) < 4.78 is 6.66. The number of anilines is 3. The molecule has 0 bridgehead atoms. The van der Waals surface area contributed by atoms with Crippen molar-refractivity contribution in [1.29, 1.82) is 0 Å². The number of hydrogen-bond acceptors (Lipinski definition) is 3. The van der Waals surface area contributed by atoms with Crippen molar-refractivity contribution in [1.82, 2.24) is 0 Å². The fraction of sp³-hybridized carbons (Fsp3) is 0.273. The Labute approximate surface area is 484 Å². The first-order valence-corrected chi connectivity index (χ1v) is 33.8. The van der Waals surface area contributed by atoms with Crippen molar-refractivity contribution in [2.45, 2.75) is 113 Å². The smallest absolute Gasteiger partial charge is 0.0920 e. The summed E-state index contributed by atoms with van der Waals surface area (Å²) in [5, 5.41) is 0. The summed E-state index contributed by atoms with van der Waals surface area (Å²) in [5.74, 6) is 2.68. The molecule has 5 unspecified atom stereocenters. The summed E-state index contributed by atoms with van der Waals surface area (Å²) in [6, 6.07) is 62.3. The van der Waals surface area contributed by atoms with Gasteiger partial charge in [-0.25, -0.2) is 0 Å². The summed E-state index contributed by atoms with van der Waals surface area (Å²) in [4.78, 5) is 5.25. The molecule has 4 heteroatoms. The molecule has 0 saturated heterocycles. The van der Waals surface area contributed by atoms with Gasteiger partial charge in [-0.05, 0) is 204 Å². The molecular formula is C77H78N2OSi. The maximum Gasteiger partial charge on any atom is 0.0920 e. The highest BCUT2D eigenvalue weighted by molar-refractivity contribution is 6.77. The standard InChI is InChI=1S/C77H78N2OSi/c1-5-55-26-30-57(31-27-55)58-36-43-68(44-37-58)80-49-51-81(3,4)50-48-77(63-18-10-7-11-19-63)73-25-17-16-24-69(73)70-45-42-67(54-74(70)77)78(64-20-12-8-13-21-64)66-40-34-60(35-41-66)62-39-47-76-72(53-62)71-52-61(59-32-28-56(6-2)29-33-59)38-46-75(71)79(76)65-22-14-9-15-23-65/h5-26,28-34,40,42-43,45,52-55,58,61,75H,1-2,27,35-39,41,44,46-51H2,3-4H3. The summed E-state index contributed by atoms with van der Waals surface area (Å²) in [7, 11) is -1.74. The molecule has 1 aliphatic heterocycles. The zero-order valence-corrected chi connectivity index (χ0v) is 48.7. The average molecular weight is 1080 g/mol. The second-order valence-electron chi connectivity index (χ2n) is 24.6. The van der Waals surface area contributed by atoms with Crippen molar-refractivity contribution in [2.24, 2.45) is 11.8 Å². The van der Waals surface area contributed by atoms with Crippen LogP contribution in [0.25, 0.3) is 17.2 Å². The zero-order valence-electron chi connectivity index (χ0n) is 47.7. The lowest BCUT2D eigenvalue weighted by Gasteiger charge is -2.37. The minimum Gasteiger partial charge on any atom is -0.499 e. The molecule has 406 valence electrons. The molecule has 6 aromatic rings. The van der Waals surface area contributed by atoms with Crippen LogP contribution in [0.15, 0.2) is 271 Å². The number of ether oxygens (including phenoxy) is 1. The first-order valence-electron chi connectivity index (χ1n) is 30.4. The maximum absolute atomic E-state index is 6.66. The van der Waals surface area contributed by atoms with Crippen molar-refractivity contribution >= 4 is 31.2 Å². The molecule has 13 rings (SSSR count). The predicted molar refractivity (Wildman–Crippen MR) is 344 cm³/mol. The molecule has 0 fully saturated rings. The van der Waals surface area contributed by atoms with Gasteiger partial charge in [0, 0.05) is 46.2 Å². The Balaban J connectivity index is 0.795. The van der Waals surface area contributed by atoms with Crippen molar-refractivity contribution in [3.05, 3.63) is 298 Å². The highest BCUT2D eigenvalue weighted by atomic mass is 28.3. The highest BCUT2D eigenvalue weighted by Crippen LogP contribution is 2.57. The largest absolute Gasteiger partial charge is 0.499 e. The van der Waals surface area contributed by atoms with Gasteiger partial charge in [0.15, 0.2) is 0 Å². The predicted octanol–water partition coefficient (Wildman–Crippen LogP) is 20.2. The minimum atomic E-state index is -1.74. The van der Waals surface area contributed by atoms with Gasteiger partial charge in [-0.2, -0.15) is 0 Å². The van der Waals surface area contributed by atoms with Crippen LogP contribution in [0.2, 0.25) is 25.2 Å². The minimum absolute atomic E-state index is 0.292. The van der Waals surface area contributed by atoms with Crippen LogP contribution in [-0.4, -0.2) is 20.7 Å². The lowest BCUT2D eigenvalue weighted by Crippen LogP contribution is -2.34. The van der Waals surface area contributed by atoms with Crippen LogP contribution in [-0.2, 0) is 10.2 Å². The lowest BCUT2D eigenvalue weighted by molar-refractivity contribution is 0.204. The molecule has 3 nitrogen and oxygen atoms in total. The number of para-hydroxylation sites is 2. The van der Waals surface area contributed by atoms with Crippen LogP contribution < -0.4 is 9.80 Å². The van der Waals surface area contributed by atoms with E-state index in [0.29, 0.717) is 23.8 Å². The van der Waals surface area contributed by atoms with Crippen LogP contribution >= 0.6 is 0 Å². The second-order valence-corrected chi connectivity index (χ2v) is 29.9. The first kappa shape index (κ1) is 52.7. The normalized spacial score (nSPS) is 22.9. The summed E-state index contributed by atoms with van der Waals surface area (Å²) in [6.45, 7) is 14.0. The van der Waals surface area contributed by atoms with E-state index < -0.39 is 8.07 Å². The third-order valence-electron chi connectivity index (χ3n) is 19.4. The second kappa shape index (κ2) is 22.7. The third-order valence-corrected chi connectivity index (χ3v) is 22.5. The van der Waals surface area contributed by atoms with E-state index in [1.165, 1.54) is 113 Å². The fourth-order valence-electron chi connectivity index (χ4n) is 14.7. The van der Waals surface area contributed by atoms with Gasteiger partial charge in [-0.1, -0.05) is 190 Å². The Hall–Kier alpha value is -7.66. The van der Waals surface area contributed by atoms with Gasteiger partial charge in [-0.3, -0.25) is 0 Å². The van der Waals surface area contributed by atoms with Crippen LogP contribution in [0.4, 0.5) is 17.1 Å². The fourth-order valence-corrected chi connectivity index (χ4v) is 16.7. The number of hydrogen-bond donors (Lipinski definition) is 0. The number of rotatable bonds is 17. The Bertz CT molecular complexity index is 3610. The summed E-state index contributed by atoms with van der Waals surface area (Å²) >= 11 is 0. The zero-order chi connectivity index (χ0) is 54.9. The lowest BCUT2D eigenvalue weighted by atomic mass is 9.70. The van der Waals surface area contributed by atoms with Gasteiger partial charge in [0.1, 0.15) is 0 Å². The molecular weight excluding hydrogens is 997 g/mol. The van der Waals surface area contributed by atoms with E-state index >= 15 is 0 Å². The van der Waals surface area contributed by atoms with E-state index in [2.05, 4.69) is 248 Å². The van der Waals surface area contributed by atoms with E-state index in [1.807, 2.05) is 6.08 Å². The SMILES string of the molecule is C=Cc1ccc(C2C=C3C4=C(CCC(C5=CC=C(N(c6ccccc6)c6ccc7c(c6)C(CC[Si](C)(C)CCOC6=CCC(C8=CCC(C=C)C=C8)CC6)(c6ccccc6)c6ccccc6-7)CC5)=C4)N(c4ccccc4)C3CC2)cc1. The molecule has 0 amide bonds. The average Bonchev–Trinajstić information content (AvgIpc) is 3.18. The van der Waals surface area contributed by atoms with E-state index in [4.69, 9.17) is 4.74 Å². The Morgan fingerprint density at radius 2 is 1.43 bits per heavy atom. The number of allylic oxidation sites excluding steroid dienone is 15. The Morgan fingerprint density at radius 3 is 2.16 bits per heavy atom. The van der Waals surface area contributed by atoms with Crippen LogP contribution in [0.1, 0.15) is 104 Å². The molecule has 6 aliphatic carbocycles. The molecule has 81 heavy (non-hydrogen) atoms. The highest BCUT2D eigenvalue weighted by Gasteiger charge is 2.46. The van der Waals surface area contributed by atoms with Gasteiger partial charge in [0.2, 0.25) is 0 Å². The third kappa shape index (κ3) is 10.3. The molecule has 0 saturated carbocycles. The molecule has 7 aliphatic rings. The van der Waals surface area contributed by atoms with Gasteiger partial charge in [-0.15, -0.1) is 6.58 Å². The van der Waals surface area contributed by atoms with Crippen LogP contribution in [0.5, 0.6) is 0 Å². The van der Waals surface area contributed by atoms with E-state index in [9.17, 15) is 0 Å². The Kier molecular flexibility index (Phi) is 14.8. The summed E-state index contributed by atoms with van der Waals surface area (Å²) in [6.07, 6.45) is 35.4. The molecule has 0 aromatic heterocycles. The molecule has 1 heterocycles. The van der Waals surface area contributed by atoms with Crippen molar-refractivity contribution in [3.8, 4) is 11.1 Å². The first-order chi connectivity index (χ1) is 39.8. The Morgan fingerprint density at radius 1 is 0.679 bits per heavy atom. The molecule has 0 spiro atoms. The number of nitrogens with zero attached hydrogens (tertiary/aromatic N) is 2. The van der Waals surface area contributed by atoms with Gasteiger partial charge < -0.3 is 14.5 Å². The van der Waals surface area contributed by atoms with Gasteiger partial charge in [0.05, 0.1) is 26.5 Å². The van der Waals surface area contributed by atoms with Crippen LogP contribution in [0, 0.1) is 11.8 Å². The van der Waals surface area contributed by atoms with E-state index in [1.54, 1.807) is 0 Å². The number of benzene rings is 6. The molecule has 0 radical (unpaired) electrons. The molecule has 5 atom stereocenters. The summed E-state index contributed by atoms with van der Waals surface area (Å²) in [5.41, 5.74) is 23.3. The van der Waals surface area contributed by atoms with E-state index in [0.717, 1.165) is 76.9 Å². The molecule has 0 N–H and O–H groups in total. The van der Waals surface area contributed by atoms with Gasteiger partial charge >= 0.3 is 0 Å². The van der Waals surface area contributed by atoms with Crippen molar-refractivity contribution in [2.75, 3.05) is 16.4 Å². The van der Waals surface area contributed by atoms with Crippen LogP contribution in [0.3, 0.4) is 0 Å². The topological polar surface area (TPSA) is 15.7 Å². The maximum atomic E-state index is 6.66. The monoisotopic (exact) mass is 1070 g/mol. The number of fused-ring (bicyclic) bond motifs is 5. The van der Waals surface area contributed by atoms with Crippen molar-refractivity contribution < 1.29 is 4.74 Å². The van der Waals surface area contributed by atoms with Gasteiger partial charge in [0.25, 0.3) is 0 Å². The van der Waals surface area contributed by atoms with E-state index in [-0.39, 0.29) is 5.41 Å². The quantitative estimate of drug-likeness (QED) is 0.0669. The molecule has 6 aromatic carbocycles. The van der Waals surface area contributed by atoms with Crippen molar-refractivity contribution in [3.63, 3.8) is 0 Å².